The number of nitrogens with one attached hydrogen (secondary N) is 1. The number of carboxylic acid groups (broad SMARTS) is 1. The number of ketones is 1. The molecule has 2 aromatic carbocycles. The molecule has 1 amide bonds. The minimum atomic E-state index is -1.07. The minimum absolute atomic E-state index is 0. The molecule has 202 valence electrons. The van der Waals surface area contributed by atoms with Crippen molar-refractivity contribution < 1.29 is 24.2 Å². The van der Waals surface area contributed by atoms with Crippen LogP contribution >= 0.6 is 12.4 Å². The Morgan fingerprint density at radius 3 is 2.49 bits per heavy atom. The highest BCUT2D eigenvalue weighted by Crippen LogP contribution is 2.27. The van der Waals surface area contributed by atoms with E-state index in [2.05, 4.69) is 10.2 Å². The topological polar surface area (TPSA) is 164 Å². The fourth-order valence-electron chi connectivity index (χ4n) is 4.00. The number of anilines is 1. The molecule has 11 nitrogen and oxygen atoms in total. The zero-order valence-electron chi connectivity index (χ0n) is 21.0. The van der Waals surface area contributed by atoms with Crippen LogP contribution in [0.4, 0.5) is 10.6 Å². The first-order valence-corrected chi connectivity index (χ1v) is 11.8. The monoisotopic (exact) mass is 550 g/mol. The molecule has 2 heterocycles. The number of ether oxygens (including phenoxy) is 1. The van der Waals surface area contributed by atoms with Crippen LogP contribution in [0.2, 0.25) is 0 Å². The maximum absolute atomic E-state index is 13.1. The fraction of sp³-hybridized carbons (Fsp3) is 0.185. The first-order valence-electron chi connectivity index (χ1n) is 11.8. The summed E-state index contributed by atoms with van der Waals surface area (Å²) < 4.78 is 7.38. The van der Waals surface area contributed by atoms with Gasteiger partial charge in [0.1, 0.15) is 11.6 Å². The predicted octanol–water partition coefficient (Wildman–Crippen LogP) is 3.97. The molecule has 0 atom stereocenters. The Morgan fingerprint density at radius 2 is 1.85 bits per heavy atom. The lowest BCUT2D eigenvalue weighted by Crippen LogP contribution is -2.36. The first-order chi connectivity index (χ1) is 18.2. The standard InChI is InChI=1S/C27H26N6O5.ClH/c1-32-16-21(23(34)11-6-17-4-7-18(8-5-17)26(28)29)20-15-19(9-10-22(20)32)38-27(37)33(14-12-25(35)36)24-3-2-13-30-31-24;/h2-5,7-10,13,15-16H,6,11-12,14H2,1H3,(H3,28,29)(H,35,36);1H. The molecule has 12 heteroatoms. The molecule has 0 aliphatic carbocycles. The predicted molar refractivity (Wildman–Crippen MR) is 148 cm³/mol. The van der Waals surface area contributed by atoms with Crippen molar-refractivity contribution in [3.63, 3.8) is 0 Å². The molecule has 0 fully saturated rings. The van der Waals surface area contributed by atoms with Crippen molar-refractivity contribution in [1.29, 1.82) is 5.41 Å². The number of halogens is 1. The summed E-state index contributed by atoms with van der Waals surface area (Å²) in [5.41, 5.74) is 8.35. The lowest BCUT2D eigenvalue weighted by atomic mass is 10.0. The zero-order chi connectivity index (χ0) is 27.2. The molecule has 4 aromatic rings. The van der Waals surface area contributed by atoms with E-state index in [0.29, 0.717) is 22.9 Å². The molecule has 0 unspecified atom stereocenters. The lowest BCUT2D eigenvalue weighted by molar-refractivity contribution is -0.136. The summed E-state index contributed by atoms with van der Waals surface area (Å²) in [6, 6.07) is 15.3. The number of aryl methyl sites for hydroxylation is 2. The molecule has 4 N–H and O–H groups in total. The van der Waals surface area contributed by atoms with Gasteiger partial charge in [-0.15, -0.1) is 17.5 Å². The fourth-order valence-corrected chi connectivity index (χ4v) is 4.00. The summed E-state index contributed by atoms with van der Waals surface area (Å²) in [5, 5.41) is 24.8. The minimum Gasteiger partial charge on any atom is -0.481 e. The average Bonchev–Trinajstić information content (AvgIpc) is 3.23. The number of carbonyl (C=O) groups excluding carboxylic acids is 2. The molecular weight excluding hydrogens is 524 g/mol. The number of amides is 1. The second kappa shape index (κ2) is 12.7. The zero-order valence-corrected chi connectivity index (χ0v) is 21.9. The van der Waals surface area contributed by atoms with Crippen LogP contribution in [-0.2, 0) is 18.3 Å². The summed E-state index contributed by atoms with van der Waals surface area (Å²) in [4.78, 5) is 38.3. The van der Waals surface area contributed by atoms with Gasteiger partial charge in [-0.25, -0.2) is 4.79 Å². The largest absolute Gasteiger partial charge is 0.481 e. The van der Waals surface area contributed by atoms with E-state index in [9.17, 15) is 14.4 Å². The van der Waals surface area contributed by atoms with Crippen molar-refractivity contribution in [3.05, 3.63) is 83.7 Å². The van der Waals surface area contributed by atoms with Crippen molar-refractivity contribution in [3.8, 4) is 5.75 Å². The van der Waals surface area contributed by atoms with Gasteiger partial charge in [-0.3, -0.25) is 19.9 Å². The van der Waals surface area contributed by atoms with Crippen molar-refractivity contribution in [2.24, 2.45) is 12.8 Å². The highest BCUT2D eigenvalue weighted by atomic mass is 35.5. The molecule has 4 rings (SSSR count). The Kier molecular flexibility index (Phi) is 9.34. The summed E-state index contributed by atoms with van der Waals surface area (Å²) in [6.45, 7) is -0.155. The Bertz CT molecular complexity index is 1500. The van der Waals surface area contributed by atoms with Crippen molar-refractivity contribution in [2.75, 3.05) is 11.4 Å². The number of nitrogen functional groups attached to an aromatic ring is 1. The van der Waals surface area contributed by atoms with E-state index in [-0.39, 0.29) is 55.0 Å². The van der Waals surface area contributed by atoms with E-state index in [4.69, 9.17) is 21.0 Å². The number of rotatable bonds is 10. The SMILES string of the molecule is Cl.Cn1cc(C(=O)CCc2ccc(C(=N)N)cc2)c2cc(OC(=O)N(CCC(=O)O)c3cccnn3)ccc21. The number of Topliss-reactive ketones (excluding diaryl/α,β-unsaturated/α-hetero) is 1. The van der Waals surface area contributed by atoms with Crippen LogP contribution in [0.3, 0.4) is 0 Å². The van der Waals surface area contributed by atoms with Crippen LogP contribution in [0.15, 0.2) is 67.0 Å². The number of aromatic nitrogens is 3. The van der Waals surface area contributed by atoms with Crippen LogP contribution in [0.5, 0.6) is 5.75 Å². The summed E-state index contributed by atoms with van der Waals surface area (Å²) in [5.74, 6) is -0.798. The number of hydrogen-bond donors (Lipinski definition) is 3. The van der Waals surface area contributed by atoms with Gasteiger partial charge >= 0.3 is 12.1 Å². The Labute approximate surface area is 230 Å². The molecule has 0 saturated carbocycles. The molecule has 0 aliphatic heterocycles. The van der Waals surface area contributed by atoms with Gasteiger partial charge in [-0.05, 0) is 42.3 Å². The average molecular weight is 551 g/mol. The van der Waals surface area contributed by atoms with E-state index in [0.717, 1.165) is 16.0 Å². The maximum Gasteiger partial charge on any atom is 0.421 e. The van der Waals surface area contributed by atoms with Gasteiger partial charge in [-0.1, -0.05) is 24.3 Å². The number of hydrogen-bond acceptors (Lipinski definition) is 7. The highest BCUT2D eigenvalue weighted by molar-refractivity contribution is 6.08. The molecule has 0 aliphatic rings. The number of amidine groups is 1. The second-order valence-corrected chi connectivity index (χ2v) is 8.61. The normalized spacial score (nSPS) is 10.5. The van der Waals surface area contributed by atoms with Gasteiger partial charge in [-0.2, -0.15) is 5.10 Å². The summed E-state index contributed by atoms with van der Waals surface area (Å²) in [6.07, 6.45) is 2.84. The quantitative estimate of drug-likeness (QED) is 0.151. The third-order valence-corrected chi connectivity index (χ3v) is 5.98. The number of carboxylic acids is 1. The van der Waals surface area contributed by atoms with Crippen LogP contribution in [-0.4, -0.2) is 50.1 Å². The van der Waals surface area contributed by atoms with Crippen molar-refractivity contribution in [2.45, 2.75) is 19.3 Å². The first kappa shape index (κ1) is 28.8. The summed E-state index contributed by atoms with van der Waals surface area (Å²) in [7, 11) is 1.83. The number of fused-ring (bicyclic) bond motifs is 1. The molecule has 0 saturated heterocycles. The highest BCUT2D eigenvalue weighted by Gasteiger charge is 2.22. The smallest absolute Gasteiger partial charge is 0.421 e. The second-order valence-electron chi connectivity index (χ2n) is 8.61. The lowest BCUT2D eigenvalue weighted by Gasteiger charge is -2.19. The van der Waals surface area contributed by atoms with Crippen molar-refractivity contribution in [1.82, 2.24) is 14.8 Å². The molecule has 0 radical (unpaired) electrons. The van der Waals surface area contributed by atoms with Gasteiger partial charge < -0.3 is 20.1 Å². The van der Waals surface area contributed by atoms with Gasteiger partial charge in [0.25, 0.3) is 0 Å². The number of benzene rings is 2. The van der Waals surface area contributed by atoms with Crippen molar-refractivity contribution >= 4 is 52.8 Å². The number of carbonyl (C=O) groups is 3. The summed E-state index contributed by atoms with van der Waals surface area (Å²) >= 11 is 0. The van der Waals surface area contributed by atoms with Crippen LogP contribution < -0.4 is 15.4 Å². The van der Waals surface area contributed by atoms with Gasteiger partial charge in [0.2, 0.25) is 0 Å². The Balaban J connectivity index is 0.00000420. The van der Waals surface area contributed by atoms with E-state index in [1.807, 2.05) is 23.7 Å². The molecule has 0 spiro atoms. The van der Waals surface area contributed by atoms with Gasteiger partial charge in [0.05, 0.1) is 6.42 Å². The van der Waals surface area contributed by atoms with Crippen LogP contribution in [0.1, 0.15) is 34.3 Å². The van der Waals surface area contributed by atoms with Crippen LogP contribution in [0, 0.1) is 5.41 Å². The number of nitrogens with two attached hydrogens (primary N) is 1. The van der Waals surface area contributed by atoms with E-state index in [1.54, 1.807) is 42.6 Å². The van der Waals surface area contributed by atoms with E-state index >= 15 is 0 Å². The maximum atomic E-state index is 13.1. The molecule has 2 aromatic heterocycles. The van der Waals surface area contributed by atoms with E-state index < -0.39 is 12.1 Å². The Morgan fingerprint density at radius 1 is 1.10 bits per heavy atom. The van der Waals surface area contributed by atoms with Gasteiger partial charge in [0.15, 0.2) is 11.6 Å². The third-order valence-electron chi connectivity index (χ3n) is 5.98. The molecular formula is C27H27ClN6O5. The molecule has 39 heavy (non-hydrogen) atoms. The van der Waals surface area contributed by atoms with Crippen LogP contribution in [0.25, 0.3) is 10.9 Å². The molecule has 0 bridgehead atoms. The third kappa shape index (κ3) is 6.96. The van der Waals surface area contributed by atoms with E-state index in [1.165, 1.54) is 12.3 Å². The van der Waals surface area contributed by atoms with Gasteiger partial charge in [0, 0.05) is 54.4 Å². The number of nitrogens with zero attached hydrogens (tertiary/aromatic N) is 4. The number of aliphatic carboxylic acids is 1. The Hall–Kier alpha value is -4.77.